The Kier molecular flexibility index (Phi) is 5.43. The lowest BCUT2D eigenvalue weighted by Crippen LogP contribution is -2.34. The number of aryl methyl sites for hydroxylation is 1. The molecule has 1 aromatic carbocycles. The van der Waals surface area contributed by atoms with E-state index in [1.54, 1.807) is 12.1 Å². The molecule has 0 spiro atoms. The second kappa shape index (κ2) is 7.26. The number of halogens is 4. The molecule has 3 nitrogen and oxygen atoms in total. The van der Waals surface area contributed by atoms with Gasteiger partial charge in [-0.25, -0.2) is 4.98 Å². The lowest BCUT2D eigenvalue weighted by molar-refractivity contribution is -0.137. The number of alkyl halides is 3. The van der Waals surface area contributed by atoms with Crippen LogP contribution in [0.15, 0.2) is 24.3 Å². The van der Waals surface area contributed by atoms with E-state index in [-0.39, 0.29) is 6.04 Å². The Morgan fingerprint density at radius 3 is 2.56 bits per heavy atom. The third-order valence-corrected chi connectivity index (χ3v) is 5.36. The Hall–Kier alpha value is -1.09. The molecule has 2 heterocycles. The zero-order valence-electron chi connectivity index (χ0n) is 14.2. The van der Waals surface area contributed by atoms with Crippen LogP contribution in [-0.4, -0.2) is 16.1 Å². The second-order valence-electron chi connectivity index (χ2n) is 6.69. The fourth-order valence-electron chi connectivity index (χ4n) is 3.32. The summed E-state index contributed by atoms with van der Waals surface area (Å²) in [5.74, 6) is 1.48. The number of nitrogens with zero attached hydrogens (tertiary/aromatic N) is 2. The molecule has 0 aliphatic carbocycles. The smallest absolute Gasteiger partial charge is 0.328 e. The van der Waals surface area contributed by atoms with Crippen molar-refractivity contribution in [2.45, 2.75) is 51.4 Å². The molecule has 1 aromatic heterocycles. The summed E-state index contributed by atoms with van der Waals surface area (Å²) < 4.78 is 41.3. The summed E-state index contributed by atoms with van der Waals surface area (Å²) in [6.07, 6.45) is -2.71. The van der Waals surface area contributed by atoms with Crippen molar-refractivity contribution in [1.29, 1.82) is 0 Å². The maximum atomic E-state index is 12.7. The molecule has 3 rings (SSSR count). The van der Waals surface area contributed by atoms with Crippen LogP contribution in [0.4, 0.5) is 13.2 Å². The van der Waals surface area contributed by atoms with E-state index in [2.05, 4.69) is 46.3 Å². The summed E-state index contributed by atoms with van der Waals surface area (Å²) in [6, 6.07) is 5.66. The zero-order valence-corrected chi connectivity index (χ0v) is 16.4. The second-order valence-corrected chi connectivity index (χ2v) is 7.71. The fraction of sp³-hybridized carbons (Fsp3) is 0.500. The first kappa shape index (κ1) is 18.7. The third-order valence-electron chi connectivity index (χ3n) is 4.57. The minimum atomic E-state index is -4.28. The van der Waals surface area contributed by atoms with Gasteiger partial charge in [-0.15, -0.1) is 0 Å². The maximum absolute atomic E-state index is 12.7. The molecule has 0 fully saturated rings. The van der Waals surface area contributed by atoms with Gasteiger partial charge in [-0.1, -0.05) is 26.0 Å². The number of rotatable bonds is 4. The van der Waals surface area contributed by atoms with Crippen molar-refractivity contribution in [3.8, 4) is 0 Å². The molecule has 1 unspecified atom stereocenters. The number of fused-ring (bicyclic) bond motifs is 1. The molecule has 136 valence electrons. The highest BCUT2D eigenvalue weighted by molar-refractivity contribution is 14.1. The SMILES string of the molecule is CC(C)c1nc(I)c2n1CCNC2CCc1ccc(C(F)(F)F)cc1. The van der Waals surface area contributed by atoms with Crippen LogP contribution in [0.5, 0.6) is 0 Å². The van der Waals surface area contributed by atoms with Crippen LogP contribution in [0.25, 0.3) is 0 Å². The summed E-state index contributed by atoms with van der Waals surface area (Å²) in [5, 5.41) is 3.53. The van der Waals surface area contributed by atoms with Gasteiger partial charge in [0.15, 0.2) is 0 Å². The Balaban J connectivity index is 1.73. The van der Waals surface area contributed by atoms with Crippen LogP contribution in [0, 0.1) is 3.70 Å². The van der Waals surface area contributed by atoms with E-state index in [9.17, 15) is 13.2 Å². The number of hydrogen-bond acceptors (Lipinski definition) is 2. The molecule has 2 aromatic rings. The van der Waals surface area contributed by atoms with Gasteiger partial charge in [0.1, 0.15) is 9.53 Å². The largest absolute Gasteiger partial charge is 0.416 e. The van der Waals surface area contributed by atoms with Crippen LogP contribution in [0.2, 0.25) is 0 Å². The van der Waals surface area contributed by atoms with E-state index >= 15 is 0 Å². The van der Waals surface area contributed by atoms with Crippen molar-refractivity contribution in [3.05, 3.63) is 50.6 Å². The summed E-state index contributed by atoms with van der Waals surface area (Å²) >= 11 is 2.28. The number of imidazole rings is 1. The van der Waals surface area contributed by atoms with E-state index in [1.165, 1.54) is 5.69 Å². The fourth-order valence-corrected chi connectivity index (χ4v) is 4.23. The molecule has 1 aliphatic heterocycles. The van der Waals surface area contributed by atoms with E-state index in [0.717, 1.165) is 53.2 Å². The molecular formula is C18H21F3IN3. The molecule has 0 bridgehead atoms. The van der Waals surface area contributed by atoms with Gasteiger partial charge in [0.25, 0.3) is 0 Å². The lowest BCUT2D eigenvalue weighted by atomic mass is 10.0. The highest BCUT2D eigenvalue weighted by atomic mass is 127. The van der Waals surface area contributed by atoms with E-state index in [0.29, 0.717) is 5.92 Å². The number of hydrogen-bond donors (Lipinski definition) is 1. The van der Waals surface area contributed by atoms with Crippen molar-refractivity contribution in [1.82, 2.24) is 14.9 Å². The van der Waals surface area contributed by atoms with Crippen molar-refractivity contribution in [2.75, 3.05) is 6.54 Å². The summed E-state index contributed by atoms with van der Waals surface area (Å²) in [7, 11) is 0. The van der Waals surface area contributed by atoms with Gasteiger partial charge in [0.2, 0.25) is 0 Å². The minimum absolute atomic E-state index is 0.183. The third kappa shape index (κ3) is 4.02. The Morgan fingerprint density at radius 2 is 1.96 bits per heavy atom. The van der Waals surface area contributed by atoms with Gasteiger partial charge in [-0.05, 0) is 53.1 Å². The summed E-state index contributed by atoms with van der Waals surface area (Å²) in [6.45, 7) is 6.09. The minimum Gasteiger partial charge on any atom is -0.328 e. The Bertz CT molecular complexity index is 735. The van der Waals surface area contributed by atoms with Crippen molar-refractivity contribution < 1.29 is 13.2 Å². The molecule has 0 radical (unpaired) electrons. The van der Waals surface area contributed by atoms with Crippen LogP contribution in [0.1, 0.15) is 54.9 Å². The maximum Gasteiger partial charge on any atom is 0.416 e. The van der Waals surface area contributed by atoms with E-state index in [4.69, 9.17) is 4.98 Å². The average Bonchev–Trinajstić information content (AvgIpc) is 2.90. The predicted molar refractivity (Wildman–Crippen MR) is 99.5 cm³/mol. The predicted octanol–water partition coefficient (Wildman–Crippen LogP) is 4.91. The first-order valence-corrected chi connectivity index (χ1v) is 9.50. The molecule has 25 heavy (non-hydrogen) atoms. The number of benzene rings is 1. The Morgan fingerprint density at radius 1 is 1.28 bits per heavy atom. The van der Waals surface area contributed by atoms with E-state index in [1.807, 2.05) is 0 Å². The molecule has 0 saturated carbocycles. The molecule has 0 amide bonds. The van der Waals surface area contributed by atoms with Gasteiger partial charge in [0.05, 0.1) is 17.3 Å². The van der Waals surface area contributed by atoms with E-state index < -0.39 is 11.7 Å². The number of nitrogens with one attached hydrogen (secondary N) is 1. The topological polar surface area (TPSA) is 29.9 Å². The van der Waals surface area contributed by atoms with Gasteiger partial charge in [0, 0.05) is 19.0 Å². The molecule has 7 heteroatoms. The molecule has 1 N–H and O–H groups in total. The first-order chi connectivity index (χ1) is 11.8. The van der Waals surface area contributed by atoms with Crippen molar-refractivity contribution >= 4 is 22.6 Å². The first-order valence-electron chi connectivity index (χ1n) is 8.42. The highest BCUT2D eigenvalue weighted by Crippen LogP contribution is 2.32. The quantitative estimate of drug-likeness (QED) is 0.654. The van der Waals surface area contributed by atoms with Crippen molar-refractivity contribution in [2.24, 2.45) is 0 Å². The zero-order chi connectivity index (χ0) is 18.2. The van der Waals surface area contributed by atoms with Gasteiger partial charge in [-0.3, -0.25) is 0 Å². The monoisotopic (exact) mass is 463 g/mol. The Labute approximate surface area is 159 Å². The molecule has 0 saturated heterocycles. The lowest BCUT2D eigenvalue weighted by Gasteiger charge is -2.27. The normalized spacial score (nSPS) is 17.8. The molecule has 1 atom stereocenters. The average molecular weight is 463 g/mol. The van der Waals surface area contributed by atoms with Crippen LogP contribution < -0.4 is 5.32 Å². The summed E-state index contributed by atoms with van der Waals surface area (Å²) in [4.78, 5) is 4.72. The van der Waals surface area contributed by atoms with Crippen LogP contribution >= 0.6 is 22.6 Å². The van der Waals surface area contributed by atoms with Crippen LogP contribution in [0.3, 0.4) is 0 Å². The highest BCUT2D eigenvalue weighted by Gasteiger charge is 2.30. The standard InChI is InChI=1S/C18H21F3IN3/c1-11(2)17-24-16(22)15-14(23-9-10-25(15)17)8-5-12-3-6-13(7-4-12)18(19,20)21/h3-4,6-7,11,14,23H,5,8-10H2,1-2H3. The van der Waals surface area contributed by atoms with Crippen LogP contribution in [-0.2, 0) is 19.1 Å². The summed E-state index contributed by atoms with van der Waals surface area (Å²) in [5.41, 5.74) is 1.54. The number of aromatic nitrogens is 2. The molecular weight excluding hydrogens is 442 g/mol. The van der Waals surface area contributed by atoms with Gasteiger partial charge < -0.3 is 9.88 Å². The molecule has 1 aliphatic rings. The van der Waals surface area contributed by atoms with Gasteiger partial charge >= 0.3 is 6.18 Å². The van der Waals surface area contributed by atoms with Crippen molar-refractivity contribution in [3.63, 3.8) is 0 Å². The van der Waals surface area contributed by atoms with Gasteiger partial charge in [-0.2, -0.15) is 13.2 Å².